The number of likely N-dealkylation sites (N-methyl/N-ethyl adjacent to an activating group) is 1. The molecular formula is C17H21FN6. The fourth-order valence-corrected chi connectivity index (χ4v) is 3.64. The minimum Gasteiger partial charge on any atom is -0.357 e. The van der Waals surface area contributed by atoms with E-state index in [1.165, 1.54) is 6.07 Å². The van der Waals surface area contributed by atoms with E-state index in [0.29, 0.717) is 11.4 Å². The van der Waals surface area contributed by atoms with E-state index in [1.54, 1.807) is 12.3 Å². The molecule has 0 aliphatic carbocycles. The van der Waals surface area contributed by atoms with Crippen molar-refractivity contribution < 1.29 is 4.39 Å². The maximum Gasteiger partial charge on any atom is 0.132 e. The quantitative estimate of drug-likeness (QED) is 0.795. The van der Waals surface area contributed by atoms with Crippen molar-refractivity contribution in [3.8, 4) is 0 Å². The highest BCUT2D eigenvalue weighted by atomic mass is 19.1. The lowest BCUT2D eigenvalue weighted by atomic mass is 10.1. The Labute approximate surface area is 139 Å². The van der Waals surface area contributed by atoms with E-state index in [9.17, 15) is 4.39 Å². The first-order valence-electron chi connectivity index (χ1n) is 8.12. The number of aromatic amines is 1. The Kier molecular flexibility index (Phi) is 3.82. The molecule has 1 N–H and O–H groups in total. The number of nitrogens with zero attached hydrogens (tertiary/aromatic N) is 5. The third-order valence-corrected chi connectivity index (χ3v) is 4.84. The molecule has 2 atom stereocenters. The fraction of sp³-hybridized carbons (Fsp3) is 0.412. The molecule has 1 aliphatic rings. The minimum atomic E-state index is -0.178. The molecule has 1 fully saturated rings. The molecule has 0 amide bonds. The van der Waals surface area contributed by atoms with Gasteiger partial charge in [0.15, 0.2) is 0 Å². The van der Waals surface area contributed by atoms with Gasteiger partial charge < -0.3 is 9.88 Å². The van der Waals surface area contributed by atoms with E-state index >= 15 is 0 Å². The van der Waals surface area contributed by atoms with Crippen LogP contribution in [0.15, 0.2) is 36.7 Å². The van der Waals surface area contributed by atoms with E-state index in [4.69, 9.17) is 0 Å². The lowest BCUT2D eigenvalue weighted by Gasteiger charge is -2.24. The Morgan fingerprint density at radius 1 is 1.33 bits per heavy atom. The van der Waals surface area contributed by atoms with Gasteiger partial charge >= 0.3 is 0 Å². The number of hydrogen-bond acceptors (Lipinski definition) is 4. The summed E-state index contributed by atoms with van der Waals surface area (Å²) < 4.78 is 15.8. The normalized spacial score (nSPS) is 22.0. The number of benzene rings is 1. The third-order valence-electron chi connectivity index (χ3n) is 4.84. The smallest absolute Gasteiger partial charge is 0.132 e. The molecule has 3 heterocycles. The lowest BCUT2D eigenvalue weighted by molar-refractivity contribution is 0.237. The van der Waals surface area contributed by atoms with Crippen molar-refractivity contribution in [2.75, 3.05) is 27.2 Å². The Morgan fingerprint density at radius 3 is 2.92 bits per heavy atom. The van der Waals surface area contributed by atoms with Gasteiger partial charge in [0.1, 0.15) is 5.82 Å². The van der Waals surface area contributed by atoms with Gasteiger partial charge in [-0.15, -0.1) is 5.10 Å². The van der Waals surface area contributed by atoms with E-state index < -0.39 is 0 Å². The van der Waals surface area contributed by atoms with Gasteiger partial charge in [-0.1, -0.05) is 11.3 Å². The number of hydrogen-bond donors (Lipinski definition) is 1. The van der Waals surface area contributed by atoms with Crippen molar-refractivity contribution in [3.05, 3.63) is 48.2 Å². The number of rotatable bonds is 4. The highest BCUT2D eigenvalue weighted by molar-refractivity contribution is 5.80. The Hall–Kier alpha value is -2.25. The van der Waals surface area contributed by atoms with Crippen molar-refractivity contribution in [3.63, 3.8) is 0 Å². The molecule has 7 heteroatoms. The largest absolute Gasteiger partial charge is 0.357 e. The van der Waals surface area contributed by atoms with Crippen LogP contribution >= 0.6 is 0 Å². The molecule has 126 valence electrons. The average Bonchev–Trinajstić information content (AvgIpc) is 3.25. The van der Waals surface area contributed by atoms with Crippen LogP contribution < -0.4 is 0 Å². The van der Waals surface area contributed by atoms with Crippen LogP contribution in [0.5, 0.6) is 0 Å². The molecule has 1 saturated heterocycles. The zero-order valence-corrected chi connectivity index (χ0v) is 13.9. The summed E-state index contributed by atoms with van der Waals surface area (Å²) >= 11 is 0. The lowest BCUT2D eigenvalue weighted by Crippen LogP contribution is -2.36. The fourth-order valence-electron chi connectivity index (χ4n) is 3.64. The van der Waals surface area contributed by atoms with Gasteiger partial charge in [0.25, 0.3) is 0 Å². The average molecular weight is 328 g/mol. The van der Waals surface area contributed by atoms with Crippen molar-refractivity contribution in [1.82, 2.24) is 29.8 Å². The van der Waals surface area contributed by atoms with Crippen LogP contribution in [0.25, 0.3) is 10.9 Å². The maximum absolute atomic E-state index is 13.9. The van der Waals surface area contributed by atoms with Crippen LogP contribution in [0.1, 0.15) is 11.7 Å². The van der Waals surface area contributed by atoms with Crippen molar-refractivity contribution >= 4 is 10.9 Å². The summed E-state index contributed by atoms with van der Waals surface area (Å²) in [6, 6.07) is 7.69. The standard InChI is InChI=1S/C17H21FN6/c1-22(2)16-10-23(11-17(16)24-7-6-19-21-24)9-12-8-13-14(18)4-3-5-15(13)20-12/h3-8,16-17,20H,9-11H2,1-2H3/t16-,17+/m1/s1. The molecule has 1 aromatic carbocycles. The summed E-state index contributed by atoms with van der Waals surface area (Å²) in [6.07, 6.45) is 3.64. The number of likely N-dealkylation sites (tertiary alicyclic amines) is 1. The minimum absolute atomic E-state index is 0.178. The van der Waals surface area contributed by atoms with Crippen molar-refractivity contribution in [1.29, 1.82) is 0 Å². The van der Waals surface area contributed by atoms with Crippen LogP contribution in [0, 0.1) is 5.82 Å². The molecule has 6 nitrogen and oxygen atoms in total. The Bertz CT molecular complexity index is 825. The third kappa shape index (κ3) is 2.70. The van der Waals surface area contributed by atoms with Gasteiger partial charge in [0.05, 0.1) is 12.2 Å². The van der Waals surface area contributed by atoms with Gasteiger partial charge in [0, 0.05) is 48.5 Å². The van der Waals surface area contributed by atoms with Gasteiger partial charge in [-0.05, 0) is 32.3 Å². The van der Waals surface area contributed by atoms with Crippen LogP contribution in [-0.4, -0.2) is 63.0 Å². The predicted molar refractivity (Wildman–Crippen MR) is 90.1 cm³/mol. The first kappa shape index (κ1) is 15.3. The molecule has 0 saturated carbocycles. The summed E-state index contributed by atoms with van der Waals surface area (Å²) in [5, 5.41) is 8.77. The second kappa shape index (κ2) is 5.99. The molecule has 0 unspecified atom stereocenters. The number of halogens is 1. The molecular weight excluding hydrogens is 307 g/mol. The summed E-state index contributed by atoms with van der Waals surface area (Å²) in [4.78, 5) is 7.93. The summed E-state index contributed by atoms with van der Waals surface area (Å²) in [5.74, 6) is -0.178. The predicted octanol–water partition coefficient (Wildman–Crippen LogP) is 1.89. The van der Waals surface area contributed by atoms with Crippen LogP contribution in [-0.2, 0) is 6.54 Å². The molecule has 2 aromatic heterocycles. The summed E-state index contributed by atoms with van der Waals surface area (Å²) in [7, 11) is 4.19. The zero-order chi connectivity index (χ0) is 16.7. The van der Waals surface area contributed by atoms with Crippen molar-refractivity contribution in [2.45, 2.75) is 18.6 Å². The first-order chi connectivity index (χ1) is 11.6. The number of aromatic nitrogens is 4. The molecule has 4 rings (SSSR count). The van der Waals surface area contributed by atoms with E-state index in [1.807, 2.05) is 23.0 Å². The molecule has 0 radical (unpaired) electrons. The summed E-state index contributed by atoms with van der Waals surface area (Å²) in [6.45, 7) is 2.60. The second-order valence-corrected chi connectivity index (χ2v) is 6.67. The molecule has 3 aromatic rings. The number of H-pyrrole nitrogens is 1. The SMILES string of the molecule is CN(C)[C@@H]1CN(Cc2cc3c(F)cccc3[nH]2)C[C@@H]1n1ccnn1. The zero-order valence-electron chi connectivity index (χ0n) is 13.9. The van der Waals surface area contributed by atoms with Crippen LogP contribution in [0.4, 0.5) is 4.39 Å². The highest BCUT2D eigenvalue weighted by Crippen LogP contribution is 2.27. The molecule has 1 aliphatic heterocycles. The van der Waals surface area contributed by atoms with E-state index in [-0.39, 0.29) is 11.9 Å². The topological polar surface area (TPSA) is 53.0 Å². The first-order valence-corrected chi connectivity index (χ1v) is 8.12. The Morgan fingerprint density at radius 2 is 2.21 bits per heavy atom. The van der Waals surface area contributed by atoms with Crippen molar-refractivity contribution in [2.24, 2.45) is 0 Å². The highest BCUT2D eigenvalue weighted by Gasteiger charge is 2.36. The second-order valence-electron chi connectivity index (χ2n) is 6.67. The van der Waals surface area contributed by atoms with Crippen LogP contribution in [0.3, 0.4) is 0 Å². The van der Waals surface area contributed by atoms with Gasteiger partial charge in [0.2, 0.25) is 0 Å². The summed E-state index contributed by atoms with van der Waals surface area (Å²) in [5.41, 5.74) is 1.88. The van der Waals surface area contributed by atoms with Gasteiger partial charge in [-0.3, -0.25) is 4.90 Å². The van der Waals surface area contributed by atoms with Crippen LogP contribution in [0.2, 0.25) is 0 Å². The van der Waals surface area contributed by atoms with Gasteiger partial charge in [-0.2, -0.15) is 0 Å². The molecule has 24 heavy (non-hydrogen) atoms. The monoisotopic (exact) mass is 328 g/mol. The van der Waals surface area contributed by atoms with E-state index in [2.05, 4.69) is 39.2 Å². The number of nitrogens with one attached hydrogen (secondary N) is 1. The Balaban J connectivity index is 1.55. The molecule has 0 spiro atoms. The van der Waals surface area contributed by atoms with E-state index in [0.717, 1.165) is 30.8 Å². The molecule has 0 bridgehead atoms. The number of fused-ring (bicyclic) bond motifs is 1. The maximum atomic E-state index is 13.9. The van der Waals surface area contributed by atoms with Gasteiger partial charge in [-0.25, -0.2) is 9.07 Å².